The molecule has 2 unspecified atom stereocenters. The number of methoxy groups -OCH3 is 1. The third kappa shape index (κ3) is 8.79. The maximum Gasteiger partial charge on any atom is 0.320 e. The monoisotopic (exact) mass is 700 g/mol. The predicted molar refractivity (Wildman–Crippen MR) is 194 cm³/mol. The number of amides is 3. The summed E-state index contributed by atoms with van der Waals surface area (Å²) in [4.78, 5) is 52.6. The van der Waals surface area contributed by atoms with Gasteiger partial charge in [-0.15, -0.1) is 0 Å². The lowest BCUT2D eigenvalue weighted by Gasteiger charge is -2.40. The van der Waals surface area contributed by atoms with Gasteiger partial charge in [0, 0.05) is 63.1 Å². The van der Waals surface area contributed by atoms with Crippen LogP contribution in [0.3, 0.4) is 0 Å². The van der Waals surface area contributed by atoms with Gasteiger partial charge in [0.05, 0.1) is 25.6 Å². The second-order valence-electron chi connectivity index (χ2n) is 14.1. The van der Waals surface area contributed by atoms with Crippen molar-refractivity contribution in [2.24, 2.45) is 11.8 Å². The summed E-state index contributed by atoms with van der Waals surface area (Å²) in [6.45, 7) is 12.3. The molecule has 51 heavy (non-hydrogen) atoms. The van der Waals surface area contributed by atoms with Crippen molar-refractivity contribution in [1.82, 2.24) is 29.2 Å². The lowest BCUT2D eigenvalue weighted by atomic mass is 9.94. The van der Waals surface area contributed by atoms with E-state index in [4.69, 9.17) is 15.2 Å². The SMILES string of the molecule is CCCCOc1nc(N)c2cc(C#N)n(Cc3ccc(CN4CCN(C(=O)CCCCCN5C(=O)CC(C(C)C)C5=O)C(C)C4)cc3OC)c2n1. The van der Waals surface area contributed by atoms with Crippen molar-refractivity contribution in [1.29, 1.82) is 5.26 Å². The number of aromatic nitrogens is 3. The number of carbonyl (C=O) groups excluding carboxylic acids is 3. The molecule has 2 aromatic heterocycles. The van der Waals surface area contributed by atoms with Crippen molar-refractivity contribution in [2.45, 2.75) is 91.8 Å². The number of nitrogens with two attached hydrogens (primary N) is 1. The van der Waals surface area contributed by atoms with Gasteiger partial charge in [-0.25, -0.2) is 0 Å². The molecule has 13 heteroatoms. The Hall–Kier alpha value is -4.70. The largest absolute Gasteiger partial charge is 0.496 e. The van der Waals surface area contributed by atoms with Crippen molar-refractivity contribution in [3.05, 3.63) is 41.1 Å². The van der Waals surface area contributed by atoms with Gasteiger partial charge in [0.25, 0.3) is 0 Å². The minimum atomic E-state index is -0.197. The number of fused-ring (bicyclic) bond motifs is 1. The highest BCUT2D eigenvalue weighted by Crippen LogP contribution is 2.30. The van der Waals surface area contributed by atoms with Gasteiger partial charge in [0.1, 0.15) is 23.3 Å². The van der Waals surface area contributed by atoms with Crippen LogP contribution in [0.15, 0.2) is 24.3 Å². The molecule has 274 valence electrons. The molecule has 4 heterocycles. The summed E-state index contributed by atoms with van der Waals surface area (Å²) in [6.07, 6.45) is 4.90. The quantitative estimate of drug-likeness (QED) is 0.163. The van der Waals surface area contributed by atoms with Crippen molar-refractivity contribution >= 4 is 34.6 Å². The predicted octanol–water partition coefficient (Wildman–Crippen LogP) is 4.75. The van der Waals surface area contributed by atoms with Gasteiger partial charge < -0.3 is 24.7 Å². The van der Waals surface area contributed by atoms with Crippen LogP contribution in [0, 0.1) is 23.2 Å². The van der Waals surface area contributed by atoms with Gasteiger partial charge in [-0.3, -0.25) is 24.2 Å². The zero-order valence-corrected chi connectivity index (χ0v) is 30.7. The van der Waals surface area contributed by atoms with Crippen molar-refractivity contribution in [3.8, 4) is 17.8 Å². The van der Waals surface area contributed by atoms with Gasteiger partial charge >= 0.3 is 6.01 Å². The standard InChI is InChI=1S/C38H52N8O5/c1-6-7-17-51-38-41-35(40)31-19-29(21-39)46(36(31)42-38)24-28-13-12-27(18-32(28)50-5)23-43-15-16-44(26(4)22-43)33(47)11-9-8-10-14-45-34(48)20-30(25(2)3)37(45)49/h12-13,18-19,25-26,30H,6-11,14-17,20,22-24H2,1-5H3,(H2,40,41,42). The lowest BCUT2D eigenvalue weighted by molar-refractivity contribution is -0.140. The number of nitriles is 1. The van der Waals surface area contributed by atoms with Crippen LogP contribution in [0.25, 0.3) is 11.0 Å². The van der Waals surface area contributed by atoms with E-state index in [0.29, 0.717) is 68.1 Å². The van der Waals surface area contributed by atoms with Gasteiger partial charge in [0.2, 0.25) is 17.7 Å². The molecule has 0 saturated carbocycles. The summed E-state index contributed by atoms with van der Waals surface area (Å²) >= 11 is 0. The fourth-order valence-electron chi connectivity index (χ4n) is 7.08. The number of imide groups is 1. The number of benzene rings is 1. The summed E-state index contributed by atoms with van der Waals surface area (Å²) in [6, 6.07) is 10.4. The Kier molecular flexibility index (Phi) is 12.5. The second-order valence-corrected chi connectivity index (χ2v) is 14.1. The van der Waals surface area contributed by atoms with Gasteiger partial charge in [-0.1, -0.05) is 45.7 Å². The van der Waals surface area contributed by atoms with Gasteiger partial charge in [-0.05, 0) is 49.8 Å². The number of piperazine rings is 1. The summed E-state index contributed by atoms with van der Waals surface area (Å²) in [5.74, 6) is 0.985. The normalized spacial score (nSPS) is 18.2. The molecule has 2 saturated heterocycles. The molecule has 1 aromatic carbocycles. The van der Waals surface area contributed by atoms with Crippen LogP contribution in [0.5, 0.6) is 11.8 Å². The fourth-order valence-corrected chi connectivity index (χ4v) is 7.08. The Morgan fingerprint density at radius 1 is 1.10 bits per heavy atom. The summed E-state index contributed by atoms with van der Waals surface area (Å²) in [7, 11) is 1.64. The maximum absolute atomic E-state index is 13.1. The van der Waals surface area contributed by atoms with Crippen molar-refractivity contribution < 1.29 is 23.9 Å². The first-order valence-corrected chi connectivity index (χ1v) is 18.3. The molecular formula is C38H52N8O5. The van der Waals surface area contributed by atoms with E-state index < -0.39 is 0 Å². The number of nitrogens with zero attached hydrogens (tertiary/aromatic N) is 7. The maximum atomic E-state index is 13.1. The third-order valence-corrected chi connectivity index (χ3v) is 10.1. The molecule has 2 aliphatic rings. The topological polar surface area (TPSA) is 160 Å². The molecule has 2 atom stereocenters. The van der Waals surface area contributed by atoms with Crippen LogP contribution >= 0.6 is 0 Å². The van der Waals surface area contributed by atoms with E-state index >= 15 is 0 Å². The van der Waals surface area contributed by atoms with Crippen LogP contribution in [0.1, 0.15) is 89.5 Å². The molecule has 2 fully saturated rings. The molecule has 0 spiro atoms. The van der Waals surface area contributed by atoms with Crippen LogP contribution in [0.4, 0.5) is 5.82 Å². The second kappa shape index (κ2) is 17.0. The number of nitrogen functional groups attached to an aromatic ring is 1. The van der Waals surface area contributed by atoms with Crippen LogP contribution in [-0.2, 0) is 27.5 Å². The highest BCUT2D eigenvalue weighted by molar-refractivity contribution is 6.03. The molecule has 13 nitrogen and oxygen atoms in total. The minimum absolute atomic E-state index is 0.0455. The van der Waals surface area contributed by atoms with E-state index in [1.807, 2.05) is 35.4 Å². The Morgan fingerprint density at radius 3 is 2.59 bits per heavy atom. The summed E-state index contributed by atoms with van der Waals surface area (Å²) in [5.41, 5.74) is 9.17. The van der Waals surface area contributed by atoms with E-state index in [-0.39, 0.29) is 47.4 Å². The number of carbonyl (C=O) groups is 3. The van der Waals surface area contributed by atoms with E-state index in [1.54, 1.807) is 13.2 Å². The smallest absolute Gasteiger partial charge is 0.320 e. The average Bonchev–Trinajstić information content (AvgIpc) is 3.60. The number of rotatable bonds is 16. The minimum Gasteiger partial charge on any atom is -0.496 e. The molecule has 5 rings (SSSR count). The lowest BCUT2D eigenvalue weighted by Crippen LogP contribution is -2.53. The average molecular weight is 701 g/mol. The molecular weight excluding hydrogens is 648 g/mol. The van der Waals surface area contributed by atoms with Crippen molar-refractivity contribution in [3.63, 3.8) is 0 Å². The first kappa shape index (κ1) is 37.6. The van der Waals surface area contributed by atoms with E-state index in [1.165, 1.54) is 4.90 Å². The molecule has 2 N–H and O–H groups in total. The molecule has 0 radical (unpaired) electrons. The number of likely N-dealkylation sites (tertiary alicyclic amines) is 1. The first-order valence-electron chi connectivity index (χ1n) is 18.3. The van der Waals surface area contributed by atoms with E-state index in [9.17, 15) is 19.6 Å². The summed E-state index contributed by atoms with van der Waals surface area (Å²) < 4.78 is 13.4. The molecule has 3 amide bonds. The number of ether oxygens (including phenoxy) is 2. The Bertz CT molecular complexity index is 1760. The van der Waals surface area contributed by atoms with E-state index in [0.717, 1.165) is 56.3 Å². The number of hydrogen-bond donors (Lipinski definition) is 1. The molecule has 2 aliphatic heterocycles. The zero-order chi connectivity index (χ0) is 36.7. The highest BCUT2D eigenvalue weighted by Gasteiger charge is 2.39. The van der Waals surface area contributed by atoms with Crippen LogP contribution in [0.2, 0.25) is 0 Å². The summed E-state index contributed by atoms with van der Waals surface area (Å²) in [5, 5.41) is 10.5. The van der Waals surface area contributed by atoms with E-state index in [2.05, 4.69) is 40.9 Å². The Balaban J connectivity index is 1.13. The number of anilines is 1. The zero-order valence-electron chi connectivity index (χ0n) is 30.7. The molecule has 0 aliphatic carbocycles. The molecule has 3 aromatic rings. The van der Waals surface area contributed by atoms with Crippen LogP contribution in [-0.4, -0.2) is 92.9 Å². The first-order chi connectivity index (χ1) is 24.5. The van der Waals surface area contributed by atoms with Crippen molar-refractivity contribution in [2.75, 3.05) is 45.6 Å². The number of unbranched alkanes of at least 4 members (excludes halogenated alkanes) is 3. The Labute approximate surface area is 300 Å². The molecule has 0 bridgehead atoms. The van der Waals surface area contributed by atoms with Gasteiger partial charge in [-0.2, -0.15) is 15.2 Å². The van der Waals surface area contributed by atoms with Gasteiger partial charge in [0.15, 0.2) is 5.65 Å². The Morgan fingerprint density at radius 2 is 1.90 bits per heavy atom. The van der Waals surface area contributed by atoms with Crippen LogP contribution < -0.4 is 15.2 Å². The third-order valence-electron chi connectivity index (χ3n) is 10.1. The highest BCUT2D eigenvalue weighted by atomic mass is 16.5. The number of hydrogen-bond acceptors (Lipinski definition) is 10. The fraction of sp³-hybridized carbons (Fsp3) is 0.579.